The van der Waals surface area contributed by atoms with Crippen LogP contribution in [0.25, 0.3) is 0 Å². The lowest BCUT2D eigenvalue weighted by molar-refractivity contribution is -0.124. The fourth-order valence-corrected chi connectivity index (χ4v) is 4.28. The Hall–Kier alpha value is -3.02. The van der Waals surface area contributed by atoms with Gasteiger partial charge in [-0.15, -0.1) is 0 Å². The Bertz CT molecular complexity index is 957. The van der Waals surface area contributed by atoms with Crippen LogP contribution in [0.5, 0.6) is 11.5 Å². The van der Waals surface area contributed by atoms with Gasteiger partial charge in [-0.2, -0.15) is 0 Å². The number of rotatable bonds is 8. The van der Waals surface area contributed by atoms with Crippen molar-refractivity contribution in [2.24, 2.45) is 11.8 Å². The molecule has 2 aromatic rings. The Kier molecular flexibility index (Phi) is 7.78. The average molecular weight is 439 g/mol. The molecule has 0 bridgehead atoms. The second kappa shape index (κ2) is 10.5. The molecule has 0 radical (unpaired) electrons. The van der Waals surface area contributed by atoms with Crippen LogP contribution in [0.4, 0.5) is 0 Å². The molecule has 0 saturated carbocycles. The molecule has 3 rings (SSSR count). The molecule has 32 heavy (non-hydrogen) atoms. The number of benzene rings is 2. The highest BCUT2D eigenvalue weighted by Gasteiger charge is 2.42. The summed E-state index contributed by atoms with van der Waals surface area (Å²) in [6.07, 6.45) is 0.914. The molecule has 0 spiro atoms. The summed E-state index contributed by atoms with van der Waals surface area (Å²) in [5.41, 5.74) is 2.48. The molecular weight excluding hydrogens is 404 g/mol. The fraction of sp³-hybridized carbons (Fsp3) is 0.462. The predicted molar refractivity (Wildman–Crippen MR) is 125 cm³/mol. The smallest absolute Gasteiger partial charge is 0.254 e. The lowest BCUT2D eigenvalue weighted by Crippen LogP contribution is -2.36. The number of amides is 2. The Morgan fingerprint density at radius 3 is 2.50 bits per heavy atom. The second-order valence-corrected chi connectivity index (χ2v) is 8.82. The van der Waals surface area contributed by atoms with Gasteiger partial charge in [-0.05, 0) is 49.1 Å². The van der Waals surface area contributed by atoms with Crippen LogP contribution in [-0.2, 0) is 4.79 Å². The zero-order valence-electron chi connectivity index (χ0n) is 19.7. The summed E-state index contributed by atoms with van der Waals surface area (Å²) < 4.78 is 11.0. The first kappa shape index (κ1) is 23.6. The maximum atomic E-state index is 13.3. The third-order valence-electron chi connectivity index (χ3n) is 6.18. The number of aryl methyl sites for hydroxylation is 1. The quantitative estimate of drug-likeness (QED) is 0.676. The van der Waals surface area contributed by atoms with Crippen molar-refractivity contribution in [1.29, 1.82) is 0 Å². The van der Waals surface area contributed by atoms with Gasteiger partial charge in [-0.25, -0.2) is 0 Å². The Morgan fingerprint density at radius 1 is 1.09 bits per heavy atom. The van der Waals surface area contributed by atoms with Gasteiger partial charge in [0.15, 0.2) is 0 Å². The molecule has 6 heteroatoms. The molecule has 1 aliphatic rings. The monoisotopic (exact) mass is 438 g/mol. The maximum Gasteiger partial charge on any atom is 0.254 e. The lowest BCUT2D eigenvalue weighted by Gasteiger charge is -2.21. The van der Waals surface area contributed by atoms with E-state index in [0.717, 1.165) is 17.5 Å². The van der Waals surface area contributed by atoms with Crippen molar-refractivity contribution in [1.82, 2.24) is 10.2 Å². The van der Waals surface area contributed by atoms with Crippen molar-refractivity contribution in [2.45, 2.75) is 33.1 Å². The number of nitrogens with one attached hydrogen (secondary N) is 1. The van der Waals surface area contributed by atoms with Crippen LogP contribution in [0, 0.1) is 18.8 Å². The van der Waals surface area contributed by atoms with E-state index in [1.807, 2.05) is 49.4 Å². The Labute approximate surface area is 190 Å². The molecule has 0 unspecified atom stereocenters. The SMILES string of the molecule is COc1ccc(OC)c([C@H]2CN(C(=O)c3ccccc3C)C[C@H]2C(=O)NCCC(C)C)c1. The molecule has 0 aliphatic carbocycles. The number of ether oxygens (including phenoxy) is 2. The minimum atomic E-state index is -0.365. The summed E-state index contributed by atoms with van der Waals surface area (Å²) in [7, 11) is 3.23. The van der Waals surface area contributed by atoms with E-state index < -0.39 is 0 Å². The van der Waals surface area contributed by atoms with Crippen LogP contribution in [0.2, 0.25) is 0 Å². The van der Waals surface area contributed by atoms with Gasteiger partial charge in [-0.3, -0.25) is 9.59 Å². The van der Waals surface area contributed by atoms with Crippen LogP contribution >= 0.6 is 0 Å². The van der Waals surface area contributed by atoms with Gasteiger partial charge in [0.25, 0.3) is 5.91 Å². The van der Waals surface area contributed by atoms with E-state index in [0.29, 0.717) is 42.6 Å². The highest BCUT2D eigenvalue weighted by Crippen LogP contribution is 2.40. The average Bonchev–Trinajstić information content (AvgIpc) is 3.23. The maximum absolute atomic E-state index is 13.3. The first-order chi connectivity index (χ1) is 15.3. The molecular formula is C26H34N2O4. The number of methoxy groups -OCH3 is 2. The molecule has 172 valence electrons. The van der Waals surface area contributed by atoms with Gasteiger partial charge in [0, 0.05) is 36.7 Å². The van der Waals surface area contributed by atoms with E-state index in [4.69, 9.17) is 9.47 Å². The van der Waals surface area contributed by atoms with Crippen LogP contribution in [0.3, 0.4) is 0 Å². The standard InChI is InChI=1S/C26H34N2O4/c1-17(2)12-13-27-25(29)23-16-28(26(30)20-9-7-6-8-18(20)3)15-22(23)21-14-19(31-4)10-11-24(21)32-5/h6-11,14,17,22-23H,12-13,15-16H2,1-5H3,(H,27,29)/t22-,23-/m1/s1. The Morgan fingerprint density at radius 2 is 1.84 bits per heavy atom. The van der Waals surface area contributed by atoms with E-state index in [9.17, 15) is 9.59 Å². The number of hydrogen-bond donors (Lipinski definition) is 1. The summed E-state index contributed by atoms with van der Waals surface area (Å²) in [6, 6.07) is 13.2. The van der Waals surface area contributed by atoms with Gasteiger partial charge in [0.2, 0.25) is 5.91 Å². The second-order valence-electron chi connectivity index (χ2n) is 8.82. The molecule has 1 aliphatic heterocycles. The van der Waals surface area contributed by atoms with Crippen molar-refractivity contribution in [3.63, 3.8) is 0 Å². The van der Waals surface area contributed by atoms with Crippen molar-refractivity contribution < 1.29 is 19.1 Å². The summed E-state index contributed by atoms with van der Waals surface area (Å²) in [4.78, 5) is 28.3. The number of hydrogen-bond acceptors (Lipinski definition) is 4. The summed E-state index contributed by atoms with van der Waals surface area (Å²) in [5.74, 6) is 1.27. The largest absolute Gasteiger partial charge is 0.497 e. The molecule has 1 N–H and O–H groups in total. The zero-order valence-corrected chi connectivity index (χ0v) is 19.7. The van der Waals surface area contributed by atoms with Gasteiger partial charge in [-0.1, -0.05) is 32.0 Å². The summed E-state index contributed by atoms with van der Waals surface area (Å²) >= 11 is 0. The molecule has 2 aromatic carbocycles. The molecule has 2 amide bonds. The topological polar surface area (TPSA) is 67.9 Å². The molecule has 1 fully saturated rings. The number of nitrogens with zero attached hydrogens (tertiary/aromatic N) is 1. The molecule has 6 nitrogen and oxygen atoms in total. The Balaban J connectivity index is 1.92. The van der Waals surface area contributed by atoms with Gasteiger partial charge in [0.1, 0.15) is 11.5 Å². The molecule has 0 aromatic heterocycles. The zero-order chi connectivity index (χ0) is 23.3. The van der Waals surface area contributed by atoms with Gasteiger partial charge >= 0.3 is 0 Å². The predicted octanol–water partition coefficient (Wildman–Crippen LogP) is 4.03. The van der Waals surface area contributed by atoms with Crippen LogP contribution in [0.15, 0.2) is 42.5 Å². The van der Waals surface area contributed by atoms with Crippen molar-refractivity contribution in [2.75, 3.05) is 33.9 Å². The minimum Gasteiger partial charge on any atom is -0.497 e. The van der Waals surface area contributed by atoms with Gasteiger partial charge < -0.3 is 19.7 Å². The van der Waals surface area contributed by atoms with Crippen LogP contribution < -0.4 is 14.8 Å². The minimum absolute atomic E-state index is 0.0272. The summed E-state index contributed by atoms with van der Waals surface area (Å²) in [6.45, 7) is 7.63. The van der Waals surface area contributed by atoms with E-state index in [-0.39, 0.29) is 23.7 Å². The lowest BCUT2D eigenvalue weighted by atomic mass is 9.87. The van der Waals surface area contributed by atoms with Crippen LogP contribution in [-0.4, -0.2) is 50.6 Å². The first-order valence-corrected chi connectivity index (χ1v) is 11.2. The fourth-order valence-electron chi connectivity index (χ4n) is 4.28. The molecule has 2 atom stereocenters. The third kappa shape index (κ3) is 5.23. The van der Waals surface area contributed by atoms with Crippen molar-refractivity contribution in [3.05, 3.63) is 59.2 Å². The molecule has 1 heterocycles. The highest BCUT2D eigenvalue weighted by atomic mass is 16.5. The van der Waals surface area contributed by atoms with E-state index >= 15 is 0 Å². The molecule has 1 saturated heterocycles. The normalized spacial score (nSPS) is 18.0. The number of carbonyl (C=O) groups excluding carboxylic acids is 2. The summed E-state index contributed by atoms with van der Waals surface area (Å²) in [5, 5.41) is 3.08. The number of likely N-dealkylation sites (tertiary alicyclic amines) is 1. The third-order valence-corrected chi connectivity index (χ3v) is 6.18. The van der Waals surface area contributed by atoms with Crippen molar-refractivity contribution >= 4 is 11.8 Å². The first-order valence-electron chi connectivity index (χ1n) is 11.2. The van der Waals surface area contributed by atoms with Crippen LogP contribution in [0.1, 0.15) is 47.7 Å². The van der Waals surface area contributed by atoms with Crippen molar-refractivity contribution in [3.8, 4) is 11.5 Å². The number of carbonyl (C=O) groups is 2. The highest BCUT2D eigenvalue weighted by molar-refractivity contribution is 5.96. The van der Waals surface area contributed by atoms with E-state index in [2.05, 4.69) is 19.2 Å². The van der Waals surface area contributed by atoms with E-state index in [1.165, 1.54) is 0 Å². The van der Waals surface area contributed by atoms with Gasteiger partial charge in [0.05, 0.1) is 20.1 Å². The van der Waals surface area contributed by atoms with E-state index in [1.54, 1.807) is 19.1 Å².